The summed E-state index contributed by atoms with van der Waals surface area (Å²) in [4.78, 5) is 42.6. The Morgan fingerprint density at radius 2 is 1.77 bits per heavy atom. The van der Waals surface area contributed by atoms with E-state index < -0.39 is 23.6 Å². The fourth-order valence-electron chi connectivity index (χ4n) is 4.76. The maximum atomic E-state index is 14.0. The molecule has 9 nitrogen and oxygen atoms in total. The third-order valence-corrected chi connectivity index (χ3v) is 8.12. The normalized spacial score (nSPS) is 11.5. The fraction of sp³-hybridized carbons (Fsp3) is 0.0645. The molecular formula is C31H21F3N6O3S. The van der Waals surface area contributed by atoms with E-state index in [9.17, 15) is 27.6 Å². The lowest BCUT2D eigenvalue weighted by Crippen LogP contribution is -2.21. The standard InChI is InChI=1S/C31H21F3N6O3S/c1-39-30(43)40(16-37-39)21-8-9-22(23(15-21)25-7-2-3-10-36-25)26-13-18-11-19(31(32,33)34)14-24(27(18)44-26)29(42)38-20-6-4-5-17(12-20)28(35)41/h2-16H,1H3,(H2,35,41)(H,38,42). The number of amides is 2. The molecule has 0 saturated heterocycles. The number of hydrogen-bond donors (Lipinski definition) is 2. The van der Waals surface area contributed by atoms with Gasteiger partial charge in [-0.15, -0.1) is 11.3 Å². The summed E-state index contributed by atoms with van der Waals surface area (Å²) in [5.74, 6) is -1.50. The van der Waals surface area contributed by atoms with Crippen molar-refractivity contribution in [1.82, 2.24) is 19.3 Å². The second-order valence-corrected chi connectivity index (χ2v) is 10.9. The number of aryl methyl sites for hydroxylation is 1. The number of thiophene rings is 1. The Labute approximate surface area is 251 Å². The molecule has 0 aliphatic rings. The number of nitrogens with one attached hydrogen (secondary N) is 1. The minimum atomic E-state index is -4.71. The zero-order chi connectivity index (χ0) is 31.2. The van der Waals surface area contributed by atoms with Gasteiger partial charge < -0.3 is 11.1 Å². The van der Waals surface area contributed by atoms with Crippen LogP contribution in [0.3, 0.4) is 0 Å². The fourth-order valence-corrected chi connectivity index (χ4v) is 5.95. The molecule has 0 aliphatic carbocycles. The second-order valence-electron chi connectivity index (χ2n) is 9.80. The van der Waals surface area contributed by atoms with Crippen LogP contribution in [-0.2, 0) is 13.2 Å². The highest BCUT2D eigenvalue weighted by molar-refractivity contribution is 7.22. The molecule has 0 unspecified atom stereocenters. The smallest absolute Gasteiger partial charge is 0.366 e. The number of rotatable bonds is 6. The number of fused-ring (bicyclic) bond motifs is 1. The minimum Gasteiger partial charge on any atom is -0.366 e. The lowest BCUT2D eigenvalue weighted by atomic mass is 10.0. The highest BCUT2D eigenvalue weighted by atomic mass is 32.1. The Balaban J connectivity index is 1.51. The molecule has 3 aromatic heterocycles. The molecule has 0 aliphatic heterocycles. The number of alkyl halides is 3. The highest BCUT2D eigenvalue weighted by Gasteiger charge is 2.33. The van der Waals surface area contributed by atoms with Crippen molar-refractivity contribution in [3.8, 4) is 27.4 Å². The highest BCUT2D eigenvalue weighted by Crippen LogP contribution is 2.43. The molecule has 0 saturated carbocycles. The third kappa shape index (κ3) is 5.36. The van der Waals surface area contributed by atoms with Gasteiger partial charge in [-0.05, 0) is 66.0 Å². The van der Waals surface area contributed by atoms with Gasteiger partial charge in [0.2, 0.25) is 5.91 Å². The molecule has 2 amide bonds. The van der Waals surface area contributed by atoms with Crippen LogP contribution in [0, 0.1) is 0 Å². The van der Waals surface area contributed by atoms with Gasteiger partial charge in [-0.3, -0.25) is 14.6 Å². The van der Waals surface area contributed by atoms with Gasteiger partial charge in [-0.2, -0.15) is 18.3 Å². The van der Waals surface area contributed by atoms with E-state index in [-0.39, 0.29) is 27.9 Å². The molecule has 3 aromatic carbocycles. The predicted molar refractivity (Wildman–Crippen MR) is 161 cm³/mol. The Morgan fingerprint density at radius 3 is 2.45 bits per heavy atom. The van der Waals surface area contributed by atoms with Crippen molar-refractivity contribution in [2.45, 2.75) is 6.18 Å². The molecule has 44 heavy (non-hydrogen) atoms. The van der Waals surface area contributed by atoms with Crippen molar-refractivity contribution in [1.29, 1.82) is 0 Å². The number of primary amides is 1. The number of carbonyl (C=O) groups is 2. The van der Waals surface area contributed by atoms with Crippen LogP contribution >= 0.6 is 11.3 Å². The SMILES string of the molecule is Cn1ncn(-c2ccc(-c3cc4cc(C(F)(F)F)cc(C(=O)Nc5cccc(C(N)=O)c5)c4s3)c(-c3ccccn3)c2)c1=O. The number of nitrogens with two attached hydrogens (primary N) is 1. The lowest BCUT2D eigenvalue weighted by Gasteiger charge is -2.11. The first-order valence-electron chi connectivity index (χ1n) is 13.0. The van der Waals surface area contributed by atoms with E-state index in [2.05, 4.69) is 15.4 Å². The number of pyridine rings is 1. The molecule has 3 N–H and O–H groups in total. The zero-order valence-corrected chi connectivity index (χ0v) is 23.6. The molecule has 0 fully saturated rings. The number of anilines is 1. The summed E-state index contributed by atoms with van der Waals surface area (Å²) < 4.78 is 44.8. The molecular weight excluding hydrogens is 593 g/mol. The Kier molecular flexibility index (Phi) is 7.09. The molecule has 0 bridgehead atoms. The summed E-state index contributed by atoms with van der Waals surface area (Å²) in [6.07, 6.45) is -1.71. The largest absolute Gasteiger partial charge is 0.416 e. The van der Waals surface area contributed by atoms with Crippen molar-refractivity contribution in [2.75, 3.05) is 5.32 Å². The van der Waals surface area contributed by atoms with Crippen LogP contribution in [0.15, 0.2) is 96.2 Å². The first-order valence-corrected chi connectivity index (χ1v) is 13.8. The average Bonchev–Trinajstić information content (AvgIpc) is 3.59. The molecule has 6 rings (SSSR count). The van der Waals surface area contributed by atoms with E-state index in [0.29, 0.717) is 32.1 Å². The molecule has 0 atom stereocenters. The number of halogens is 3. The number of hydrogen-bond acceptors (Lipinski definition) is 6. The molecule has 0 spiro atoms. The quantitative estimate of drug-likeness (QED) is 0.242. The summed E-state index contributed by atoms with van der Waals surface area (Å²) in [5, 5.41) is 6.81. The van der Waals surface area contributed by atoms with Crippen LogP contribution in [0.4, 0.5) is 18.9 Å². The number of benzene rings is 3. The zero-order valence-electron chi connectivity index (χ0n) is 22.8. The third-order valence-electron chi connectivity index (χ3n) is 6.90. The van der Waals surface area contributed by atoms with E-state index >= 15 is 0 Å². The Bertz CT molecular complexity index is 2130. The van der Waals surface area contributed by atoms with E-state index in [0.717, 1.165) is 23.5 Å². The van der Waals surface area contributed by atoms with Crippen LogP contribution < -0.4 is 16.7 Å². The van der Waals surface area contributed by atoms with Gasteiger partial charge in [0.1, 0.15) is 6.33 Å². The Hall–Kier alpha value is -5.56. The Morgan fingerprint density at radius 1 is 0.955 bits per heavy atom. The predicted octanol–water partition coefficient (Wildman–Crippen LogP) is 5.88. The van der Waals surface area contributed by atoms with Crippen molar-refractivity contribution in [3.63, 3.8) is 0 Å². The van der Waals surface area contributed by atoms with Crippen molar-refractivity contribution < 1.29 is 22.8 Å². The maximum absolute atomic E-state index is 14.0. The first kappa shape index (κ1) is 28.6. The second kappa shape index (κ2) is 10.9. The van der Waals surface area contributed by atoms with Crippen molar-refractivity contribution in [2.24, 2.45) is 12.8 Å². The van der Waals surface area contributed by atoms with E-state index in [4.69, 9.17) is 5.73 Å². The maximum Gasteiger partial charge on any atom is 0.416 e. The molecule has 3 heterocycles. The van der Waals surface area contributed by atoms with Gasteiger partial charge in [-0.1, -0.05) is 18.2 Å². The average molecular weight is 615 g/mol. The van der Waals surface area contributed by atoms with Crippen LogP contribution in [0.5, 0.6) is 0 Å². The van der Waals surface area contributed by atoms with Crippen LogP contribution in [-0.4, -0.2) is 31.1 Å². The van der Waals surface area contributed by atoms with Crippen LogP contribution in [0.25, 0.3) is 37.5 Å². The molecule has 0 radical (unpaired) electrons. The monoisotopic (exact) mass is 614 g/mol. The number of aromatic nitrogens is 4. The van der Waals surface area contributed by atoms with E-state index in [1.54, 1.807) is 48.7 Å². The summed E-state index contributed by atoms with van der Waals surface area (Å²) in [7, 11) is 1.53. The first-order chi connectivity index (χ1) is 21.0. The number of nitrogens with zero attached hydrogens (tertiary/aromatic N) is 4. The minimum absolute atomic E-state index is 0.134. The van der Waals surface area contributed by atoms with Crippen LogP contribution in [0.2, 0.25) is 0 Å². The lowest BCUT2D eigenvalue weighted by molar-refractivity contribution is -0.137. The van der Waals surface area contributed by atoms with Gasteiger partial charge in [0.15, 0.2) is 0 Å². The van der Waals surface area contributed by atoms with Gasteiger partial charge in [0.05, 0.1) is 22.5 Å². The number of carbonyl (C=O) groups excluding carboxylic acids is 2. The van der Waals surface area contributed by atoms with Gasteiger partial charge in [-0.25, -0.2) is 14.0 Å². The molecule has 220 valence electrons. The van der Waals surface area contributed by atoms with E-state index in [1.165, 1.54) is 46.9 Å². The molecule has 13 heteroatoms. The van der Waals surface area contributed by atoms with Crippen LogP contribution in [0.1, 0.15) is 26.3 Å². The van der Waals surface area contributed by atoms with Crippen molar-refractivity contribution >= 4 is 38.9 Å². The van der Waals surface area contributed by atoms with Crippen molar-refractivity contribution in [3.05, 3.63) is 119 Å². The van der Waals surface area contributed by atoms with Gasteiger partial charge in [0.25, 0.3) is 5.91 Å². The summed E-state index contributed by atoms with van der Waals surface area (Å²) in [5.41, 5.74) is 6.49. The van der Waals surface area contributed by atoms with Gasteiger partial charge >= 0.3 is 11.9 Å². The topological polar surface area (TPSA) is 125 Å². The molecule has 6 aromatic rings. The summed E-state index contributed by atoms with van der Waals surface area (Å²) >= 11 is 1.15. The van der Waals surface area contributed by atoms with Gasteiger partial charge in [0, 0.05) is 45.2 Å². The summed E-state index contributed by atoms with van der Waals surface area (Å²) in [6, 6.07) is 19.8. The van der Waals surface area contributed by atoms with E-state index in [1.807, 2.05) is 0 Å². The summed E-state index contributed by atoms with van der Waals surface area (Å²) in [6.45, 7) is 0.